The van der Waals surface area contributed by atoms with E-state index in [2.05, 4.69) is 5.32 Å². The quantitative estimate of drug-likeness (QED) is 0.767. The Kier molecular flexibility index (Phi) is 4.10. The SMILES string of the molecule is CC(=O)N1CCCC2(CCN(C(=O)[C@@H]3CCC(=O)N3)CC2)C1. The van der Waals surface area contributed by atoms with Gasteiger partial charge >= 0.3 is 0 Å². The van der Waals surface area contributed by atoms with Gasteiger partial charge in [0.15, 0.2) is 0 Å². The molecule has 0 aromatic carbocycles. The van der Waals surface area contributed by atoms with Crippen molar-refractivity contribution in [2.75, 3.05) is 26.2 Å². The molecule has 0 radical (unpaired) electrons. The molecule has 3 heterocycles. The maximum absolute atomic E-state index is 12.4. The van der Waals surface area contributed by atoms with Crippen molar-refractivity contribution in [3.8, 4) is 0 Å². The van der Waals surface area contributed by atoms with Gasteiger partial charge in [-0.2, -0.15) is 0 Å². The molecule has 1 atom stereocenters. The van der Waals surface area contributed by atoms with Gasteiger partial charge in [-0.15, -0.1) is 0 Å². The summed E-state index contributed by atoms with van der Waals surface area (Å²) in [6, 6.07) is -0.318. The van der Waals surface area contributed by atoms with Crippen molar-refractivity contribution < 1.29 is 14.4 Å². The topological polar surface area (TPSA) is 69.7 Å². The van der Waals surface area contributed by atoms with E-state index in [9.17, 15) is 14.4 Å². The number of hydrogen-bond acceptors (Lipinski definition) is 3. The van der Waals surface area contributed by atoms with Crippen molar-refractivity contribution in [1.29, 1.82) is 0 Å². The van der Waals surface area contributed by atoms with Gasteiger partial charge in [0.05, 0.1) is 0 Å². The first-order valence-corrected chi connectivity index (χ1v) is 8.33. The van der Waals surface area contributed by atoms with Crippen molar-refractivity contribution in [2.45, 2.75) is 51.5 Å². The van der Waals surface area contributed by atoms with E-state index in [4.69, 9.17) is 0 Å². The second-order valence-electron chi connectivity index (χ2n) is 7.03. The van der Waals surface area contributed by atoms with Gasteiger partial charge in [0.1, 0.15) is 6.04 Å². The zero-order chi connectivity index (χ0) is 15.7. The molecule has 3 amide bonds. The number of nitrogens with zero attached hydrogens (tertiary/aromatic N) is 2. The number of amides is 3. The van der Waals surface area contributed by atoms with Crippen molar-refractivity contribution in [3.63, 3.8) is 0 Å². The number of piperidine rings is 2. The van der Waals surface area contributed by atoms with Gasteiger partial charge in [0, 0.05) is 39.5 Å². The number of carbonyl (C=O) groups excluding carboxylic acids is 3. The first-order valence-electron chi connectivity index (χ1n) is 8.33. The Bertz CT molecular complexity index is 483. The average Bonchev–Trinajstić information content (AvgIpc) is 2.94. The number of nitrogens with one attached hydrogen (secondary N) is 1. The summed E-state index contributed by atoms with van der Waals surface area (Å²) in [5.41, 5.74) is 0.194. The Balaban J connectivity index is 1.56. The van der Waals surface area contributed by atoms with Crippen LogP contribution in [-0.2, 0) is 14.4 Å². The van der Waals surface area contributed by atoms with E-state index >= 15 is 0 Å². The smallest absolute Gasteiger partial charge is 0.245 e. The summed E-state index contributed by atoms with van der Waals surface area (Å²) in [7, 11) is 0. The molecule has 6 heteroatoms. The predicted molar refractivity (Wildman–Crippen MR) is 80.9 cm³/mol. The third-order valence-electron chi connectivity index (χ3n) is 5.54. The lowest BCUT2D eigenvalue weighted by Gasteiger charge is -2.47. The van der Waals surface area contributed by atoms with E-state index in [1.807, 2.05) is 9.80 Å². The molecule has 0 aromatic rings. The van der Waals surface area contributed by atoms with Crippen LogP contribution in [0.25, 0.3) is 0 Å². The number of likely N-dealkylation sites (tertiary alicyclic amines) is 2. The largest absolute Gasteiger partial charge is 0.344 e. The Labute approximate surface area is 131 Å². The van der Waals surface area contributed by atoms with Crippen LogP contribution in [0.15, 0.2) is 0 Å². The van der Waals surface area contributed by atoms with E-state index in [1.54, 1.807) is 6.92 Å². The standard InChI is InChI=1S/C16H25N3O3/c1-12(20)19-8-2-5-16(11-19)6-9-18(10-7-16)15(22)13-3-4-14(21)17-13/h13H,2-11H2,1H3,(H,17,21)/t13-/m0/s1. The minimum absolute atomic E-state index is 0.0174. The Hall–Kier alpha value is -1.59. The third-order valence-corrected chi connectivity index (χ3v) is 5.54. The third kappa shape index (κ3) is 2.96. The van der Waals surface area contributed by atoms with E-state index in [0.29, 0.717) is 12.8 Å². The molecule has 3 aliphatic rings. The summed E-state index contributed by atoms with van der Waals surface area (Å²) in [6.45, 7) is 4.84. The summed E-state index contributed by atoms with van der Waals surface area (Å²) in [5, 5.41) is 2.76. The molecule has 0 unspecified atom stereocenters. The fraction of sp³-hybridized carbons (Fsp3) is 0.812. The van der Waals surface area contributed by atoms with Crippen LogP contribution >= 0.6 is 0 Å². The molecule has 6 nitrogen and oxygen atoms in total. The van der Waals surface area contributed by atoms with Gasteiger partial charge < -0.3 is 15.1 Å². The Morgan fingerprint density at radius 1 is 1.14 bits per heavy atom. The van der Waals surface area contributed by atoms with E-state index in [0.717, 1.165) is 51.9 Å². The monoisotopic (exact) mass is 307 g/mol. The molecule has 0 aliphatic carbocycles. The number of rotatable bonds is 1. The fourth-order valence-electron chi connectivity index (χ4n) is 4.11. The van der Waals surface area contributed by atoms with Crippen molar-refractivity contribution in [2.24, 2.45) is 5.41 Å². The molecule has 0 aromatic heterocycles. The van der Waals surface area contributed by atoms with Gasteiger partial charge in [0.2, 0.25) is 17.7 Å². The van der Waals surface area contributed by atoms with Crippen molar-refractivity contribution in [1.82, 2.24) is 15.1 Å². The first kappa shape index (κ1) is 15.3. The molecule has 3 rings (SSSR count). The first-order chi connectivity index (χ1) is 10.5. The van der Waals surface area contributed by atoms with Gasteiger partial charge in [-0.3, -0.25) is 14.4 Å². The van der Waals surface area contributed by atoms with Gasteiger partial charge in [-0.1, -0.05) is 0 Å². The van der Waals surface area contributed by atoms with Crippen LogP contribution in [-0.4, -0.2) is 59.7 Å². The maximum Gasteiger partial charge on any atom is 0.245 e. The van der Waals surface area contributed by atoms with Crippen LogP contribution in [0.5, 0.6) is 0 Å². The van der Waals surface area contributed by atoms with Crippen LogP contribution in [0.3, 0.4) is 0 Å². The van der Waals surface area contributed by atoms with Gasteiger partial charge in [-0.25, -0.2) is 0 Å². The molecule has 3 fully saturated rings. The fourth-order valence-corrected chi connectivity index (χ4v) is 4.11. The predicted octanol–water partition coefficient (Wildman–Crippen LogP) is 0.516. The normalized spacial score (nSPS) is 27.9. The maximum atomic E-state index is 12.4. The Morgan fingerprint density at radius 2 is 1.86 bits per heavy atom. The summed E-state index contributed by atoms with van der Waals surface area (Å²) < 4.78 is 0. The zero-order valence-electron chi connectivity index (χ0n) is 13.3. The summed E-state index contributed by atoms with van der Waals surface area (Å²) in [4.78, 5) is 39.2. The Morgan fingerprint density at radius 3 is 2.45 bits per heavy atom. The van der Waals surface area contributed by atoms with E-state index in [1.165, 1.54) is 0 Å². The van der Waals surface area contributed by atoms with Crippen molar-refractivity contribution in [3.05, 3.63) is 0 Å². The van der Waals surface area contributed by atoms with E-state index in [-0.39, 0.29) is 29.2 Å². The second kappa shape index (κ2) is 5.89. The zero-order valence-corrected chi connectivity index (χ0v) is 13.3. The minimum atomic E-state index is -0.318. The molecular formula is C16H25N3O3. The van der Waals surface area contributed by atoms with Crippen LogP contribution in [0.2, 0.25) is 0 Å². The molecule has 0 saturated carbocycles. The molecule has 122 valence electrons. The molecule has 22 heavy (non-hydrogen) atoms. The van der Waals surface area contributed by atoms with Crippen LogP contribution in [0.1, 0.15) is 45.4 Å². The molecule has 1 N–H and O–H groups in total. The van der Waals surface area contributed by atoms with Crippen LogP contribution in [0.4, 0.5) is 0 Å². The van der Waals surface area contributed by atoms with Crippen molar-refractivity contribution >= 4 is 17.7 Å². The van der Waals surface area contributed by atoms with Gasteiger partial charge in [0.25, 0.3) is 0 Å². The lowest BCUT2D eigenvalue weighted by Crippen LogP contribution is -2.54. The average molecular weight is 307 g/mol. The highest BCUT2D eigenvalue weighted by molar-refractivity contribution is 5.90. The van der Waals surface area contributed by atoms with E-state index < -0.39 is 0 Å². The highest BCUT2D eigenvalue weighted by atomic mass is 16.2. The van der Waals surface area contributed by atoms with Crippen LogP contribution in [0, 0.1) is 5.41 Å². The summed E-state index contributed by atoms with van der Waals surface area (Å²) in [5.74, 6) is 0.211. The minimum Gasteiger partial charge on any atom is -0.344 e. The summed E-state index contributed by atoms with van der Waals surface area (Å²) >= 11 is 0. The molecule has 3 aliphatic heterocycles. The summed E-state index contributed by atoms with van der Waals surface area (Å²) in [6.07, 6.45) is 5.22. The highest BCUT2D eigenvalue weighted by Gasteiger charge is 2.41. The van der Waals surface area contributed by atoms with Crippen LogP contribution < -0.4 is 5.32 Å². The number of carbonyl (C=O) groups is 3. The van der Waals surface area contributed by atoms with Gasteiger partial charge in [-0.05, 0) is 37.5 Å². The molecule has 3 saturated heterocycles. The lowest BCUT2D eigenvalue weighted by atomic mass is 9.72. The molecule has 1 spiro atoms. The second-order valence-corrected chi connectivity index (χ2v) is 7.03. The molecular weight excluding hydrogens is 282 g/mol. The lowest BCUT2D eigenvalue weighted by molar-refractivity contribution is -0.139. The number of hydrogen-bond donors (Lipinski definition) is 1. The highest BCUT2D eigenvalue weighted by Crippen LogP contribution is 2.40. The molecule has 0 bridgehead atoms.